The SMILES string of the molecule is CC(C)c1ccc(OCC(=O)NNC(=O)N2c3ccccc3Sc3ccccc32)cc1. The van der Waals surface area contributed by atoms with E-state index in [9.17, 15) is 9.59 Å². The molecule has 0 fully saturated rings. The smallest absolute Gasteiger partial charge is 0.345 e. The molecule has 4 rings (SSSR count). The Bertz CT molecular complexity index is 1050. The lowest BCUT2D eigenvalue weighted by Gasteiger charge is -2.30. The van der Waals surface area contributed by atoms with Gasteiger partial charge in [-0.05, 0) is 47.9 Å². The van der Waals surface area contributed by atoms with Crippen LogP contribution in [0.15, 0.2) is 82.6 Å². The number of rotatable bonds is 4. The quantitative estimate of drug-likeness (QED) is 0.553. The number of benzene rings is 3. The maximum absolute atomic E-state index is 13.0. The van der Waals surface area contributed by atoms with E-state index in [0.29, 0.717) is 11.7 Å². The Labute approximate surface area is 185 Å². The predicted molar refractivity (Wildman–Crippen MR) is 122 cm³/mol. The van der Waals surface area contributed by atoms with Gasteiger partial charge < -0.3 is 4.74 Å². The summed E-state index contributed by atoms with van der Waals surface area (Å²) in [6.07, 6.45) is 0. The van der Waals surface area contributed by atoms with Crippen molar-refractivity contribution in [2.24, 2.45) is 0 Å². The molecule has 0 atom stereocenters. The van der Waals surface area contributed by atoms with E-state index in [4.69, 9.17) is 4.74 Å². The normalized spacial score (nSPS) is 12.0. The van der Waals surface area contributed by atoms with Crippen molar-refractivity contribution >= 4 is 35.1 Å². The number of hydrazine groups is 1. The van der Waals surface area contributed by atoms with E-state index in [1.807, 2.05) is 72.8 Å². The molecule has 158 valence electrons. The summed E-state index contributed by atoms with van der Waals surface area (Å²) in [6, 6.07) is 22.5. The van der Waals surface area contributed by atoms with Gasteiger partial charge in [0.05, 0.1) is 11.4 Å². The molecule has 6 nitrogen and oxygen atoms in total. The van der Waals surface area contributed by atoms with Crippen LogP contribution in [0.1, 0.15) is 25.3 Å². The molecule has 1 aliphatic heterocycles. The monoisotopic (exact) mass is 433 g/mol. The molecule has 7 heteroatoms. The van der Waals surface area contributed by atoms with Crippen LogP contribution in [-0.2, 0) is 4.79 Å². The Balaban J connectivity index is 1.38. The van der Waals surface area contributed by atoms with Gasteiger partial charge >= 0.3 is 6.03 Å². The highest BCUT2D eigenvalue weighted by Crippen LogP contribution is 2.47. The third-order valence-corrected chi connectivity index (χ3v) is 5.99. The number of nitrogens with one attached hydrogen (secondary N) is 2. The van der Waals surface area contributed by atoms with Gasteiger partial charge in [0.25, 0.3) is 5.91 Å². The highest BCUT2D eigenvalue weighted by atomic mass is 32.2. The average molecular weight is 434 g/mol. The zero-order valence-electron chi connectivity index (χ0n) is 17.3. The van der Waals surface area contributed by atoms with E-state index < -0.39 is 11.9 Å². The number of para-hydroxylation sites is 2. The molecule has 31 heavy (non-hydrogen) atoms. The Morgan fingerprint density at radius 2 is 1.45 bits per heavy atom. The Hall–Kier alpha value is -3.45. The number of amides is 3. The van der Waals surface area contributed by atoms with E-state index in [1.165, 1.54) is 5.56 Å². The van der Waals surface area contributed by atoms with Gasteiger partial charge in [-0.2, -0.15) is 0 Å². The molecule has 3 aromatic carbocycles. The van der Waals surface area contributed by atoms with Crippen molar-refractivity contribution in [2.75, 3.05) is 11.5 Å². The molecule has 0 unspecified atom stereocenters. The fourth-order valence-electron chi connectivity index (χ4n) is 3.24. The number of hydrogen-bond acceptors (Lipinski definition) is 4. The first-order valence-corrected chi connectivity index (χ1v) is 10.8. The maximum Gasteiger partial charge on any atom is 0.345 e. The molecule has 0 radical (unpaired) electrons. The standard InChI is InChI=1S/C24H23N3O3S/c1-16(2)17-11-13-18(14-12-17)30-15-23(28)25-26-24(29)27-19-7-3-5-9-21(19)31-22-10-6-4-8-20(22)27/h3-14,16H,15H2,1-2H3,(H,25,28)(H,26,29). The molecule has 0 saturated carbocycles. The Kier molecular flexibility index (Phi) is 6.13. The van der Waals surface area contributed by atoms with Crippen molar-refractivity contribution in [2.45, 2.75) is 29.6 Å². The van der Waals surface area contributed by atoms with Crippen molar-refractivity contribution in [3.63, 3.8) is 0 Å². The summed E-state index contributed by atoms with van der Waals surface area (Å²) < 4.78 is 5.51. The van der Waals surface area contributed by atoms with Crippen molar-refractivity contribution in [3.05, 3.63) is 78.4 Å². The second-order valence-electron chi connectivity index (χ2n) is 7.36. The second-order valence-corrected chi connectivity index (χ2v) is 8.45. The molecule has 1 aliphatic rings. The zero-order valence-corrected chi connectivity index (χ0v) is 18.1. The summed E-state index contributed by atoms with van der Waals surface area (Å²) in [6.45, 7) is 4.03. The van der Waals surface area contributed by atoms with E-state index in [0.717, 1.165) is 21.2 Å². The van der Waals surface area contributed by atoms with Gasteiger partial charge in [0.15, 0.2) is 6.61 Å². The van der Waals surface area contributed by atoms with Gasteiger partial charge in [-0.1, -0.05) is 62.0 Å². The van der Waals surface area contributed by atoms with Crippen LogP contribution in [0.25, 0.3) is 0 Å². The van der Waals surface area contributed by atoms with Gasteiger partial charge in [0, 0.05) is 9.79 Å². The van der Waals surface area contributed by atoms with Crippen LogP contribution in [0.5, 0.6) is 5.75 Å². The summed E-state index contributed by atoms with van der Waals surface area (Å²) in [7, 11) is 0. The van der Waals surface area contributed by atoms with E-state index in [-0.39, 0.29) is 6.61 Å². The number of carbonyl (C=O) groups excluding carboxylic acids is 2. The van der Waals surface area contributed by atoms with Gasteiger partial charge in [-0.3, -0.25) is 15.1 Å². The average Bonchev–Trinajstić information content (AvgIpc) is 2.79. The van der Waals surface area contributed by atoms with Crippen molar-refractivity contribution in [3.8, 4) is 5.75 Å². The molecular weight excluding hydrogens is 410 g/mol. The summed E-state index contributed by atoms with van der Waals surface area (Å²) >= 11 is 1.61. The van der Waals surface area contributed by atoms with Gasteiger partial charge in [-0.15, -0.1) is 0 Å². The number of fused-ring (bicyclic) bond motifs is 2. The minimum Gasteiger partial charge on any atom is -0.484 e. The Morgan fingerprint density at radius 3 is 2.03 bits per heavy atom. The van der Waals surface area contributed by atoms with Crippen LogP contribution in [0, 0.1) is 0 Å². The molecule has 0 saturated heterocycles. The fraction of sp³-hybridized carbons (Fsp3) is 0.167. The third-order valence-electron chi connectivity index (χ3n) is 4.86. The van der Waals surface area contributed by atoms with E-state index >= 15 is 0 Å². The van der Waals surface area contributed by atoms with Crippen LogP contribution in [0.4, 0.5) is 16.2 Å². The largest absolute Gasteiger partial charge is 0.484 e. The Morgan fingerprint density at radius 1 is 0.871 bits per heavy atom. The molecule has 0 bridgehead atoms. The lowest BCUT2D eigenvalue weighted by atomic mass is 10.0. The van der Waals surface area contributed by atoms with Crippen LogP contribution in [-0.4, -0.2) is 18.5 Å². The summed E-state index contributed by atoms with van der Waals surface area (Å²) in [4.78, 5) is 28.6. The highest BCUT2D eigenvalue weighted by Gasteiger charge is 2.28. The van der Waals surface area contributed by atoms with E-state index in [2.05, 4.69) is 24.7 Å². The van der Waals surface area contributed by atoms with Crippen LogP contribution < -0.4 is 20.5 Å². The number of hydrogen-bond donors (Lipinski definition) is 2. The molecule has 3 amide bonds. The molecule has 0 spiro atoms. The lowest BCUT2D eigenvalue weighted by Crippen LogP contribution is -2.49. The maximum atomic E-state index is 13.0. The number of nitrogens with zero attached hydrogens (tertiary/aromatic N) is 1. The first-order valence-electron chi connectivity index (χ1n) is 10.0. The number of ether oxygens (including phenoxy) is 1. The van der Waals surface area contributed by atoms with Crippen molar-refractivity contribution < 1.29 is 14.3 Å². The predicted octanol–water partition coefficient (Wildman–Crippen LogP) is 5.23. The van der Waals surface area contributed by atoms with E-state index in [1.54, 1.807) is 16.7 Å². The van der Waals surface area contributed by atoms with Gasteiger partial charge in [-0.25, -0.2) is 10.2 Å². The summed E-state index contributed by atoms with van der Waals surface area (Å²) in [5, 5.41) is 0. The number of urea groups is 1. The first-order chi connectivity index (χ1) is 15.0. The zero-order chi connectivity index (χ0) is 21.8. The topological polar surface area (TPSA) is 70.7 Å². The minimum absolute atomic E-state index is 0.204. The molecule has 0 aliphatic carbocycles. The van der Waals surface area contributed by atoms with Crippen LogP contribution >= 0.6 is 11.8 Å². The molecule has 2 N–H and O–H groups in total. The van der Waals surface area contributed by atoms with Gasteiger partial charge in [0.1, 0.15) is 5.75 Å². The number of carbonyl (C=O) groups is 2. The third kappa shape index (κ3) is 4.67. The first kappa shape index (κ1) is 20.8. The van der Waals surface area contributed by atoms with Crippen LogP contribution in [0.3, 0.4) is 0 Å². The highest BCUT2D eigenvalue weighted by molar-refractivity contribution is 7.99. The van der Waals surface area contributed by atoms with Gasteiger partial charge in [0.2, 0.25) is 0 Å². The fourth-order valence-corrected chi connectivity index (χ4v) is 4.29. The molecular formula is C24H23N3O3S. The lowest BCUT2D eigenvalue weighted by molar-refractivity contribution is -0.123. The molecule has 1 heterocycles. The summed E-state index contributed by atoms with van der Waals surface area (Å²) in [5.74, 6) is 0.576. The van der Waals surface area contributed by atoms with Crippen molar-refractivity contribution in [1.29, 1.82) is 0 Å². The second kappa shape index (κ2) is 9.14. The van der Waals surface area contributed by atoms with Crippen molar-refractivity contribution in [1.82, 2.24) is 10.9 Å². The number of anilines is 2. The minimum atomic E-state index is -0.450. The summed E-state index contributed by atoms with van der Waals surface area (Å²) in [5.41, 5.74) is 7.65. The molecule has 0 aromatic heterocycles. The molecule has 3 aromatic rings. The van der Waals surface area contributed by atoms with Crippen LogP contribution in [0.2, 0.25) is 0 Å².